The van der Waals surface area contributed by atoms with Gasteiger partial charge in [-0.3, -0.25) is 0 Å². The molecule has 0 saturated carbocycles. The molecule has 1 radical (unpaired) electrons. The van der Waals surface area contributed by atoms with Crippen LogP contribution in [-0.4, -0.2) is 9.97 Å². The molecule has 10 heavy (non-hydrogen) atoms. The van der Waals surface area contributed by atoms with Gasteiger partial charge in [0.2, 0.25) is 0 Å². The van der Waals surface area contributed by atoms with Crippen LogP contribution in [-0.2, 0) is 32.7 Å². The second-order valence-electron chi connectivity index (χ2n) is 1.61. The fourth-order valence-corrected chi connectivity index (χ4v) is 0.529. The minimum atomic E-state index is 0. The normalized spacial score (nSPS) is 8.60. The van der Waals surface area contributed by atoms with Crippen LogP contribution in [0.25, 0.3) is 0 Å². The number of nitrogen functional groups attached to an aromatic ring is 1. The molecule has 0 fully saturated rings. The van der Waals surface area contributed by atoms with Crippen LogP contribution in [0.1, 0.15) is 5.56 Å². The van der Waals surface area contributed by atoms with Crippen molar-refractivity contribution in [2.45, 2.75) is 6.92 Å². The van der Waals surface area contributed by atoms with E-state index in [2.05, 4.69) is 16.2 Å². The molecule has 0 amide bonds. The molecule has 0 spiro atoms. The van der Waals surface area contributed by atoms with Gasteiger partial charge in [0, 0.05) is 38.5 Å². The molecule has 0 aliphatic carbocycles. The van der Waals surface area contributed by atoms with Crippen molar-refractivity contribution >= 4 is 17.4 Å². The third-order valence-corrected chi connectivity index (χ3v) is 1.08. The van der Waals surface area contributed by atoms with Crippen LogP contribution in [0.5, 0.6) is 0 Å². The number of aryl methyl sites for hydroxylation is 1. The summed E-state index contributed by atoms with van der Waals surface area (Å²) >= 11 is 5.38. The first-order valence-corrected chi connectivity index (χ1v) is 2.75. The van der Waals surface area contributed by atoms with Gasteiger partial charge in [-0.25, -0.2) is 0 Å². The molecule has 1 aromatic rings. The topological polar surface area (TPSA) is 51.8 Å². The summed E-state index contributed by atoms with van der Waals surface area (Å²) < 4.78 is 0. The fourth-order valence-electron chi connectivity index (χ4n) is 0.396. The van der Waals surface area contributed by atoms with Gasteiger partial charge in [-0.05, 0) is 0 Å². The first kappa shape index (κ1) is 10.3. The summed E-state index contributed by atoms with van der Waals surface area (Å²) in [6.07, 6.45) is 2.60. The molecule has 0 aliphatic heterocycles. The van der Waals surface area contributed by atoms with E-state index < -0.39 is 0 Å². The van der Waals surface area contributed by atoms with E-state index in [1.165, 1.54) is 0 Å². The van der Waals surface area contributed by atoms with Crippen molar-refractivity contribution in [1.82, 2.24) is 9.97 Å². The number of aromatic nitrogens is 2. The minimum absolute atomic E-state index is 0. The predicted octanol–water partition coefficient (Wildman–Crippen LogP) is 0.818. The van der Waals surface area contributed by atoms with E-state index in [0.717, 1.165) is 5.56 Å². The van der Waals surface area contributed by atoms with Crippen molar-refractivity contribution in [3.05, 3.63) is 17.0 Å². The Balaban J connectivity index is 0.000000810. The van der Waals surface area contributed by atoms with Crippen molar-refractivity contribution in [2.24, 2.45) is 0 Å². The van der Waals surface area contributed by atoms with Gasteiger partial charge in [0.05, 0.1) is 0 Å². The van der Waals surface area contributed by atoms with E-state index in [9.17, 15) is 0 Å². The fraction of sp³-hybridized carbons (Fsp3) is 0.200. The monoisotopic (exact) mass is 231 g/mol. The van der Waals surface area contributed by atoms with Gasteiger partial charge in [-0.2, -0.15) is 0 Å². The van der Waals surface area contributed by atoms with Gasteiger partial charge >= 0.3 is 0 Å². The second kappa shape index (κ2) is 4.21. The van der Waals surface area contributed by atoms with Crippen LogP contribution < -0.4 is 5.73 Å². The van der Waals surface area contributed by atoms with Gasteiger partial charge in [-0.15, -0.1) is 17.2 Å². The van der Waals surface area contributed by atoms with Crippen LogP contribution in [0.2, 0.25) is 5.28 Å². The van der Waals surface area contributed by atoms with Gasteiger partial charge < -0.3 is 15.7 Å². The first-order chi connectivity index (χ1) is 4.20. The first-order valence-electron chi connectivity index (χ1n) is 2.37. The van der Waals surface area contributed by atoms with Crippen LogP contribution in [0.3, 0.4) is 0 Å². The maximum absolute atomic E-state index is 5.38. The molecule has 1 heterocycles. The number of hydrogen-bond donors (Lipinski definition) is 1. The Morgan fingerprint density at radius 2 is 2.20 bits per heavy atom. The van der Waals surface area contributed by atoms with Gasteiger partial charge in [0.25, 0.3) is 0 Å². The van der Waals surface area contributed by atoms with E-state index in [1.807, 2.05) is 0 Å². The average molecular weight is 231 g/mol. The largest absolute Gasteiger partial charge is 0.435 e. The van der Waals surface area contributed by atoms with E-state index in [-0.39, 0.29) is 38.0 Å². The van der Waals surface area contributed by atoms with Crippen molar-refractivity contribution in [3.8, 4) is 0 Å². The maximum Gasteiger partial charge on any atom is 0.107 e. The molecule has 0 unspecified atom stereocenters. The molecule has 2 N–H and O–H groups in total. The van der Waals surface area contributed by atoms with E-state index >= 15 is 0 Å². The summed E-state index contributed by atoms with van der Waals surface area (Å²) in [6.45, 7) is 1.77. The second-order valence-corrected chi connectivity index (χ2v) is 1.95. The zero-order valence-corrected chi connectivity index (χ0v) is 9.02. The Morgan fingerprint density at radius 1 is 1.60 bits per heavy atom. The number of nitrogens with zero attached hydrogens (tertiary/aromatic N) is 2. The zero-order chi connectivity index (χ0) is 6.85. The number of anilines is 1. The van der Waals surface area contributed by atoms with Crippen LogP contribution in [0.15, 0.2) is 0 Å². The summed E-state index contributed by atoms with van der Waals surface area (Å²) in [5.41, 5.74) is 6.08. The average Bonchev–Trinajstić information content (AvgIpc) is 1.80. The van der Waals surface area contributed by atoms with E-state index in [4.69, 9.17) is 17.3 Å². The Kier molecular flexibility index (Phi) is 4.33. The molecule has 0 atom stereocenters. The predicted molar refractivity (Wildman–Crippen MR) is 35.0 cm³/mol. The van der Waals surface area contributed by atoms with Gasteiger partial charge in [0.15, 0.2) is 0 Å². The third-order valence-electron chi connectivity index (χ3n) is 0.913. The molecule has 51 valence electrons. The number of rotatable bonds is 0. The van der Waals surface area contributed by atoms with Crippen molar-refractivity contribution in [3.63, 3.8) is 0 Å². The maximum atomic E-state index is 5.38. The molecule has 0 aromatic carbocycles. The van der Waals surface area contributed by atoms with Crippen molar-refractivity contribution in [2.75, 3.05) is 5.73 Å². The smallest absolute Gasteiger partial charge is 0.107 e. The zero-order valence-electron chi connectivity index (χ0n) is 5.43. The minimum Gasteiger partial charge on any atom is -0.435 e. The summed E-state index contributed by atoms with van der Waals surface area (Å²) in [7, 11) is 0. The van der Waals surface area contributed by atoms with Crippen LogP contribution >= 0.6 is 11.6 Å². The van der Waals surface area contributed by atoms with Gasteiger partial charge in [0.1, 0.15) is 5.28 Å². The third kappa shape index (κ3) is 2.48. The SMILES string of the molecule is Cc1[c-]nc(Cl)nc1N.[Y]. The van der Waals surface area contributed by atoms with E-state index in [1.54, 1.807) is 6.92 Å². The van der Waals surface area contributed by atoms with Crippen LogP contribution in [0, 0.1) is 13.1 Å². The molecule has 1 rings (SSSR count). The standard InChI is InChI=1S/C5H5ClN3.Y/c1-3-2-8-5(6)9-4(3)7;/h1H3,(H2,7,8,9);/q-1;. The van der Waals surface area contributed by atoms with E-state index in [0.29, 0.717) is 5.82 Å². The molecule has 3 nitrogen and oxygen atoms in total. The summed E-state index contributed by atoms with van der Waals surface area (Å²) in [5.74, 6) is 0.384. The molecule has 0 aliphatic rings. The van der Waals surface area contributed by atoms with Crippen molar-refractivity contribution < 1.29 is 32.7 Å². The summed E-state index contributed by atoms with van der Waals surface area (Å²) in [5, 5.41) is 0.137. The van der Waals surface area contributed by atoms with Crippen molar-refractivity contribution in [1.29, 1.82) is 0 Å². The Hall–Kier alpha value is 0.274. The quantitative estimate of drug-likeness (QED) is 0.531. The number of halogens is 1. The summed E-state index contributed by atoms with van der Waals surface area (Å²) in [6, 6.07) is 0. The Morgan fingerprint density at radius 3 is 2.60 bits per heavy atom. The molecule has 0 bridgehead atoms. The van der Waals surface area contributed by atoms with Crippen LogP contribution in [0.4, 0.5) is 5.82 Å². The Labute approximate surface area is 89.3 Å². The molecule has 5 heteroatoms. The molecule has 1 aromatic heterocycles. The molecular weight excluding hydrogens is 226 g/mol. The Bertz CT molecular complexity index is 228. The number of nitrogens with two attached hydrogens (primary N) is 1. The molecular formula is C5H5ClN3Y-. The van der Waals surface area contributed by atoms with Gasteiger partial charge in [-0.1, -0.05) is 13.1 Å². The summed E-state index contributed by atoms with van der Waals surface area (Å²) in [4.78, 5) is 7.26. The number of hydrogen-bond acceptors (Lipinski definition) is 3. The molecule has 0 saturated heterocycles.